The summed E-state index contributed by atoms with van der Waals surface area (Å²) < 4.78 is 35.0. The van der Waals surface area contributed by atoms with E-state index in [1.807, 2.05) is 0 Å². The summed E-state index contributed by atoms with van der Waals surface area (Å²) in [7, 11) is 0.378. The van der Waals surface area contributed by atoms with Crippen LogP contribution in [0.2, 0.25) is 0 Å². The zero-order valence-electron chi connectivity index (χ0n) is 22.5. The first kappa shape index (κ1) is 31.3. The molecule has 224 valence electrons. The molecule has 2 aromatic rings. The molecular weight excluding hydrogens is 588 g/mol. The lowest BCUT2D eigenvalue weighted by Gasteiger charge is -2.43. The second-order valence-corrected chi connectivity index (χ2v) is 12.5. The van der Waals surface area contributed by atoms with Crippen molar-refractivity contribution in [3.63, 3.8) is 0 Å². The number of nitrogens with one attached hydrogen (secondary N) is 2. The Morgan fingerprint density at radius 1 is 1.29 bits per heavy atom. The van der Waals surface area contributed by atoms with Gasteiger partial charge >= 0.3 is 16.3 Å². The highest BCUT2D eigenvalue weighted by molar-refractivity contribution is 7.84. The van der Waals surface area contributed by atoms with Crippen molar-refractivity contribution in [2.24, 2.45) is 5.16 Å². The van der Waals surface area contributed by atoms with Gasteiger partial charge < -0.3 is 30.8 Å². The van der Waals surface area contributed by atoms with Crippen LogP contribution in [0.3, 0.4) is 0 Å². The predicted molar refractivity (Wildman–Crippen MR) is 142 cm³/mol. The Balaban J connectivity index is 1.83. The number of β-lactam (4-membered cyclic amide) rings is 1. The van der Waals surface area contributed by atoms with Gasteiger partial charge in [-0.25, -0.2) is 18.8 Å². The van der Waals surface area contributed by atoms with Crippen LogP contribution in [0.4, 0.5) is 10.9 Å². The summed E-state index contributed by atoms with van der Waals surface area (Å²) in [6.45, 7) is 2.09. The van der Waals surface area contributed by atoms with Crippen LogP contribution in [0.1, 0.15) is 19.5 Å². The van der Waals surface area contributed by atoms with E-state index in [4.69, 9.17) is 10.6 Å². The summed E-state index contributed by atoms with van der Waals surface area (Å²) in [5, 5.41) is 26.7. The van der Waals surface area contributed by atoms with Crippen LogP contribution in [-0.2, 0) is 40.9 Å². The molecule has 1 aliphatic heterocycles. The molecule has 0 bridgehead atoms. The number of rotatable bonds is 12. The van der Waals surface area contributed by atoms with Crippen LogP contribution in [0.25, 0.3) is 0 Å². The van der Waals surface area contributed by atoms with E-state index in [1.165, 1.54) is 25.4 Å². The molecule has 0 saturated carbocycles. The fraction of sp³-hybridized carbons (Fsp3) is 0.500. The molecule has 3 amide bonds. The average Bonchev–Trinajstić information content (AvgIpc) is 3.43. The lowest BCUT2D eigenvalue weighted by Crippen LogP contribution is -2.73. The second kappa shape index (κ2) is 11.3. The van der Waals surface area contributed by atoms with Gasteiger partial charge in [-0.05, 0) is 13.8 Å². The van der Waals surface area contributed by atoms with Crippen LogP contribution < -0.4 is 16.4 Å². The third-order valence-corrected chi connectivity index (χ3v) is 6.98. The molecule has 3 heterocycles. The van der Waals surface area contributed by atoms with Crippen LogP contribution in [-0.4, -0.2) is 122 Å². The van der Waals surface area contributed by atoms with E-state index in [9.17, 15) is 37.3 Å². The number of oxime groups is 1. The largest absolute Gasteiger partial charge is 0.478 e. The molecule has 1 saturated heterocycles. The van der Waals surface area contributed by atoms with E-state index < -0.39 is 51.5 Å². The SMILES string of the molecule is CC(C)(O/N=C(\C(=O)N[C@@H]1C(=O)N(S(=O)(=O)O)[C@@H]1Cn1cc(NC(=O)C[N+](C)(C)C)nn1)c1csc(N)n1)C(=O)O. The highest BCUT2D eigenvalue weighted by Crippen LogP contribution is 2.26. The van der Waals surface area contributed by atoms with Crippen molar-refractivity contribution in [1.29, 1.82) is 0 Å². The van der Waals surface area contributed by atoms with Crippen LogP contribution >= 0.6 is 11.3 Å². The van der Waals surface area contributed by atoms with E-state index in [0.717, 1.165) is 16.0 Å². The number of aromatic nitrogens is 4. The number of carbonyl (C=O) groups is 4. The number of carboxylic acid groups (broad SMARTS) is 1. The van der Waals surface area contributed by atoms with Gasteiger partial charge in [-0.3, -0.25) is 18.9 Å². The fourth-order valence-corrected chi connectivity index (χ4v) is 4.82. The molecule has 0 aliphatic carbocycles. The normalized spacial score (nSPS) is 18.0. The molecule has 1 aliphatic rings. The number of quaternary nitrogens is 1. The molecule has 6 N–H and O–H groups in total. The smallest absolute Gasteiger partial charge is 0.362 e. The Morgan fingerprint density at radius 3 is 2.49 bits per heavy atom. The Kier molecular flexibility index (Phi) is 8.67. The van der Waals surface area contributed by atoms with Crippen LogP contribution in [0.15, 0.2) is 16.7 Å². The van der Waals surface area contributed by atoms with Gasteiger partial charge in [0.05, 0.1) is 39.9 Å². The predicted octanol–water partition coefficient (Wildman–Crippen LogP) is -2.26. The van der Waals surface area contributed by atoms with Gasteiger partial charge in [-0.15, -0.1) is 16.4 Å². The maximum atomic E-state index is 13.2. The lowest BCUT2D eigenvalue weighted by molar-refractivity contribution is -0.861. The monoisotopic (exact) mass is 617 g/mol. The number of nitrogen functional groups attached to an aromatic ring is 1. The number of nitrogens with zero attached hydrogens (tertiary/aromatic N) is 7. The molecular formula is C20H29N10O9S2+. The van der Waals surface area contributed by atoms with Gasteiger partial charge in [-0.1, -0.05) is 10.4 Å². The molecule has 0 aromatic carbocycles. The number of anilines is 2. The van der Waals surface area contributed by atoms with Crippen molar-refractivity contribution in [2.45, 2.75) is 38.1 Å². The minimum Gasteiger partial charge on any atom is -0.478 e. The van der Waals surface area contributed by atoms with E-state index in [1.54, 1.807) is 21.1 Å². The van der Waals surface area contributed by atoms with Gasteiger partial charge in [0.2, 0.25) is 5.60 Å². The number of aliphatic carboxylic acids is 1. The number of carboxylic acids is 1. The summed E-state index contributed by atoms with van der Waals surface area (Å²) in [5.74, 6) is -3.97. The highest BCUT2D eigenvalue weighted by Gasteiger charge is 2.54. The van der Waals surface area contributed by atoms with Gasteiger partial charge in [0.25, 0.3) is 17.7 Å². The number of hydrogen-bond acceptors (Lipinski definition) is 13. The first-order valence-electron chi connectivity index (χ1n) is 11.6. The molecule has 0 radical (unpaired) electrons. The van der Waals surface area contributed by atoms with Crippen molar-refractivity contribution in [2.75, 3.05) is 38.7 Å². The minimum absolute atomic E-state index is 0.0434. The van der Waals surface area contributed by atoms with Gasteiger partial charge in [-0.2, -0.15) is 8.42 Å². The zero-order valence-corrected chi connectivity index (χ0v) is 24.1. The average molecular weight is 618 g/mol. The Hall–Kier alpha value is -4.21. The van der Waals surface area contributed by atoms with Gasteiger partial charge in [0, 0.05) is 5.38 Å². The van der Waals surface area contributed by atoms with E-state index >= 15 is 0 Å². The third-order valence-electron chi connectivity index (χ3n) is 5.36. The molecule has 21 heteroatoms. The van der Waals surface area contributed by atoms with Crippen LogP contribution in [0, 0.1) is 0 Å². The van der Waals surface area contributed by atoms with E-state index in [-0.39, 0.29) is 39.9 Å². The molecule has 2 atom stereocenters. The fourth-order valence-electron chi connectivity index (χ4n) is 3.40. The number of thiazole rings is 1. The van der Waals surface area contributed by atoms with Crippen molar-refractivity contribution in [1.82, 2.24) is 29.6 Å². The Morgan fingerprint density at radius 2 is 1.95 bits per heavy atom. The minimum atomic E-state index is -5.04. The highest BCUT2D eigenvalue weighted by atomic mass is 32.2. The Labute approximate surface area is 237 Å². The first-order chi connectivity index (χ1) is 18.8. The summed E-state index contributed by atoms with van der Waals surface area (Å²) in [4.78, 5) is 58.4. The maximum absolute atomic E-state index is 13.2. The molecule has 2 aromatic heterocycles. The summed E-state index contributed by atoms with van der Waals surface area (Å²) >= 11 is 0.941. The maximum Gasteiger partial charge on any atom is 0.362 e. The number of amides is 3. The van der Waals surface area contributed by atoms with E-state index in [2.05, 4.69) is 31.1 Å². The molecule has 0 unspecified atom stereocenters. The second-order valence-electron chi connectivity index (χ2n) is 10.4. The lowest BCUT2D eigenvalue weighted by atomic mass is 9.98. The van der Waals surface area contributed by atoms with Crippen molar-refractivity contribution in [3.8, 4) is 0 Å². The first-order valence-corrected chi connectivity index (χ1v) is 13.9. The summed E-state index contributed by atoms with van der Waals surface area (Å²) in [5.41, 5.74) is 3.13. The molecule has 0 spiro atoms. The molecule has 19 nitrogen and oxygen atoms in total. The quantitative estimate of drug-likeness (QED) is 0.0554. The van der Waals surface area contributed by atoms with Crippen molar-refractivity contribution < 1.29 is 46.6 Å². The topological polar surface area (TPSA) is 261 Å². The number of hydrogen-bond donors (Lipinski definition) is 5. The van der Waals surface area contributed by atoms with Crippen molar-refractivity contribution >= 4 is 62.0 Å². The molecule has 1 fully saturated rings. The van der Waals surface area contributed by atoms with Gasteiger partial charge in [0.1, 0.15) is 11.7 Å². The van der Waals surface area contributed by atoms with Crippen LogP contribution in [0.5, 0.6) is 0 Å². The summed E-state index contributed by atoms with van der Waals surface area (Å²) in [6.07, 6.45) is 1.27. The zero-order chi connectivity index (χ0) is 30.9. The summed E-state index contributed by atoms with van der Waals surface area (Å²) in [6, 6.07) is -2.89. The number of carbonyl (C=O) groups excluding carboxylic acids is 3. The molecule has 41 heavy (non-hydrogen) atoms. The van der Waals surface area contributed by atoms with Gasteiger partial charge in [0.15, 0.2) is 23.2 Å². The number of nitrogens with two attached hydrogens (primary N) is 1. The third kappa shape index (κ3) is 7.71. The Bertz CT molecular complexity index is 1490. The van der Waals surface area contributed by atoms with E-state index in [0.29, 0.717) is 4.48 Å². The number of likely N-dealkylation sites (N-methyl/N-ethyl adjacent to an activating group) is 1. The standard InChI is InChI=1S/C20H28N10O9S2/c1-20(2,18(34)35)39-26-14(10-9-40-19(21)22-10)16(32)24-15-11(29(17(15)33)41(36,37)38)6-28-7-12(25-27-28)23-13(31)8-30(3,4)5/h7,9,11,15H,6,8H2,1-5H3,(H5-,21,22,23,24,31,32,34,35,36,37,38)/p+1/b26-14-/t11-,15+/m1/s1. The van der Waals surface area contributed by atoms with Crippen molar-refractivity contribution in [3.05, 3.63) is 17.3 Å². The molecule has 3 rings (SSSR count).